The molecular weight excluding hydrogens is 430 g/mol. The zero-order valence-electron chi connectivity index (χ0n) is 15.2. The van der Waals surface area contributed by atoms with E-state index in [1.54, 1.807) is 0 Å². The summed E-state index contributed by atoms with van der Waals surface area (Å²) in [4.78, 5) is 16.3. The van der Waals surface area contributed by atoms with Gasteiger partial charge in [-0.05, 0) is 43.0 Å². The number of hydrogen-bond acceptors (Lipinski definition) is 4. The molecule has 1 fully saturated rings. The van der Waals surface area contributed by atoms with Crippen LogP contribution in [0.3, 0.4) is 0 Å². The number of alkyl halides is 3. The van der Waals surface area contributed by atoms with Gasteiger partial charge in [-0.3, -0.25) is 4.79 Å². The van der Waals surface area contributed by atoms with Gasteiger partial charge in [0.15, 0.2) is 0 Å². The van der Waals surface area contributed by atoms with Crippen LogP contribution >= 0.6 is 23.2 Å². The quantitative estimate of drug-likeness (QED) is 0.651. The molecule has 29 heavy (non-hydrogen) atoms. The minimum absolute atomic E-state index is 0.0864. The van der Waals surface area contributed by atoms with Crippen LogP contribution in [-0.2, 0) is 10.9 Å². The molecule has 5 nitrogen and oxygen atoms in total. The lowest BCUT2D eigenvalue weighted by Gasteiger charge is -2.22. The highest BCUT2D eigenvalue weighted by atomic mass is 35.5. The fourth-order valence-corrected chi connectivity index (χ4v) is 3.52. The molecule has 0 bridgehead atoms. The summed E-state index contributed by atoms with van der Waals surface area (Å²) in [5.74, 6) is -0.714. The van der Waals surface area contributed by atoms with Gasteiger partial charge >= 0.3 is 6.18 Å². The maximum absolute atomic E-state index is 13.6. The lowest BCUT2D eigenvalue weighted by atomic mass is 10.00. The van der Waals surface area contributed by atoms with Crippen LogP contribution in [0, 0.1) is 5.92 Å². The summed E-state index contributed by atoms with van der Waals surface area (Å²) in [7, 11) is 0. The van der Waals surface area contributed by atoms with Gasteiger partial charge in [0.1, 0.15) is 5.82 Å². The highest BCUT2D eigenvalue weighted by Gasteiger charge is 2.36. The second kappa shape index (κ2) is 9.19. The summed E-state index contributed by atoms with van der Waals surface area (Å²) in [6, 6.07) is 5.28. The largest absolute Gasteiger partial charge is 0.417 e. The Morgan fingerprint density at radius 2 is 1.79 bits per heavy atom. The molecule has 0 atom stereocenters. The first-order valence-corrected chi connectivity index (χ1v) is 9.64. The van der Waals surface area contributed by atoms with Crippen molar-refractivity contribution in [3.8, 4) is 0 Å². The molecule has 2 heterocycles. The van der Waals surface area contributed by atoms with Crippen molar-refractivity contribution >= 4 is 40.6 Å². The van der Waals surface area contributed by atoms with Gasteiger partial charge in [0.25, 0.3) is 5.91 Å². The first-order chi connectivity index (χ1) is 13.7. The van der Waals surface area contributed by atoms with Crippen LogP contribution in [0.25, 0.3) is 0 Å². The monoisotopic (exact) mass is 447 g/mol. The Bertz CT molecular complexity index is 867. The third kappa shape index (κ3) is 5.98. The maximum atomic E-state index is 13.6. The van der Waals surface area contributed by atoms with Gasteiger partial charge in [-0.25, -0.2) is 4.98 Å². The van der Waals surface area contributed by atoms with Crippen LogP contribution in [0.4, 0.5) is 24.7 Å². The van der Waals surface area contributed by atoms with E-state index in [2.05, 4.69) is 15.6 Å². The van der Waals surface area contributed by atoms with Gasteiger partial charge in [-0.15, -0.1) is 0 Å². The molecule has 0 radical (unpaired) electrons. The maximum Gasteiger partial charge on any atom is 0.417 e. The smallest absolute Gasteiger partial charge is 0.381 e. The molecule has 3 rings (SSSR count). The Kier molecular flexibility index (Phi) is 6.87. The van der Waals surface area contributed by atoms with E-state index in [0.717, 1.165) is 25.1 Å². The van der Waals surface area contributed by atoms with Crippen molar-refractivity contribution in [1.29, 1.82) is 0 Å². The van der Waals surface area contributed by atoms with Gasteiger partial charge < -0.3 is 15.4 Å². The van der Waals surface area contributed by atoms with Gasteiger partial charge in [-0.1, -0.05) is 23.2 Å². The molecule has 10 heteroatoms. The molecule has 0 spiro atoms. The van der Waals surface area contributed by atoms with E-state index in [1.807, 2.05) is 0 Å². The number of pyridine rings is 1. The number of nitrogens with zero attached hydrogens (tertiary/aromatic N) is 1. The molecule has 1 aliphatic heterocycles. The highest BCUT2D eigenvalue weighted by molar-refractivity contribution is 6.35. The van der Waals surface area contributed by atoms with Gasteiger partial charge in [0.05, 0.1) is 11.1 Å². The predicted molar refractivity (Wildman–Crippen MR) is 105 cm³/mol. The standard InChI is InChI=1S/C19H18Cl2F3N3O2/c20-12-5-13(21)7-14(6-12)27-17-8-16(19(22,23)24)15(10-25-17)18(28)26-9-11-1-3-29-4-2-11/h5-8,10-11H,1-4,9H2,(H,25,27)(H,26,28). The summed E-state index contributed by atoms with van der Waals surface area (Å²) in [5.41, 5.74) is -1.23. The van der Waals surface area contributed by atoms with E-state index in [0.29, 0.717) is 35.5 Å². The first-order valence-electron chi connectivity index (χ1n) is 8.88. The van der Waals surface area contributed by atoms with Crippen LogP contribution < -0.4 is 10.6 Å². The van der Waals surface area contributed by atoms with Gasteiger partial charge in [0, 0.05) is 41.7 Å². The fourth-order valence-electron chi connectivity index (χ4n) is 3.00. The molecular formula is C19H18Cl2F3N3O2. The molecule has 156 valence electrons. The third-order valence-corrected chi connectivity index (χ3v) is 4.92. The van der Waals surface area contributed by atoms with E-state index >= 15 is 0 Å². The highest BCUT2D eigenvalue weighted by Crippen LogP contribution is 2.34. The van der Waals surface area contributed by atoms with Crippen LogP contribution in [0.5, 0.6) is 0 Å². The van der Waals surface area contributed by atoms with Gasteiger partial charge in [0.2, 0.25) is 0 Å². The zero-order valence-corrected chi connectivity index (χ0v) is 16.7. The van der Waals surface area contributed by atoms with Gasteiger partial charge in [-0.2, -0.15) is 13.2 Å². The SMILES string of the molecule is O=C(NCC1CCOCC1)c1cnc(Nc2cc(Cl)cc(Cl)c2)cc1C(F)(F)F. The Labute approximate surface area is 175 Å². The second-order valence-corrected chi connectivity index (χ2v) is 7.53. The number of rotatable bonds is 5. The van der Waals surface area contributed by atoms with Crippen LogP contribution in [0.2, 0.25) is 10.0 Å². The van der Waals surface area contributed by atoms with Crippen LogP contribution in [-0.4, -0.2) is 30.6 Å². The van der Waals surface area contributed by atoms with Crippen molar-refractivity contribution < 1.29 is 22.7 Å². The zero-order chi connectivity index (χ0) is 21.0. The van der Waals surface area contributed by atoms with E-state index in [9.17, 15) is 18.0 Å². The summed E-state index contributed by atoms with van der Waals surface area (Å²) in [5, 5.41) is 5.94. The Morgan fingerprint density at radius 3 is 2.41 bits per heavy atom. The van der Waals surface area contributed by atoms with E-state index in [1.165, 1.54) is 18.2 Å². The Hall–Kier alpha value is -2.03. The van der Waals surface area contributed by atoms with Crippen LogP contribution in [0.1, 0.15) is 28.8 Å². The topological polar surface area (TPSA) is 63.2 Å². The van der Waals surface area contributed by atoms with E-state index < -0.39 is 23.2 Å². The van der Waals surface area contributed by atoms with Crippen molar-refractivity contribution in [2.24, 2.45) is 5.92 Å². The van der Waals surface area contributed by atoms with Crippen LogP contribution in [0.15, 0.2) is 30.5 Å². The van der Waals surface area contributed by atoms with Crippen molar-refractivity contribution in [2.45, 2.75) is 19.0 Å². The molecule has 1 aromatic carbocycles. The van der Waals surface area contributed by atoms with Crippen molar-refractivity contribution in [1.82, 2.24) is 10.3 Å². The lowest BCUT2D eigenvalue weighted by Crippen LogP contribution is -2.33. The number of aromatic nitrogens is 1. The molecule has 2 N–H and O–H groups in total. The van der Waals surface area contributed by atoms with E-state index in [-0.39, 0.29) is 11.7 Å². The number of carbonyl (C=O) groups is 1. The second-order valence-electron chi connectivity index (χ2n) is 6.66. The fraction of sp³-hybridized carbons (Fsp3) is 0.368. The Balaban J connectivity index is 1.79. The molecule has 1 saturated heterocycles. The average Bonchev–Trinajstić information content (AvgIpc) is 2.65. The van der Waals surface area contributed by atoms with Crippen molar-refractivity contribution in [3.63, 3.8) is 0 Å². The number of ether oxygens (including phenoxy) is 1. The Morgan fingerprint density at radius 1 is 1.14 bits per heavy atom. The number of nitrogens with one attached hydrogen (secondary N) is 2. The van der Waals surface area contributed by atoms with Crippen molar-refractivity contribution in [3.05, 3.63) is 51.6 Å². The number of benzene rings is 1. The molecule has 2 aromatic rings. The molecule has 1 aromatic heterocycles. The normalized spacial score (nSPS) is 15.2. The number of amides is 1. The van der Waals surface area contributed by atoms with Crippen molar-refractivity contribution in [2.75, 3.05) is 25.1 Å². The first kappa shape index (κ1) is 21.7. The number of carbonyl (C=O) groups excluding carboxylic acids is 1. The molecule has 1 amide bonds. The minimum atomic E-state index is -4.73. The lowest BCUT2D eigenvalue weighted by molar-refractivity contribution is -0.137. The van der Waals surface area contributed by atoms with E-state index in [4.69, 9.17) is 27.9 Å². The molecule has 1 aliphatic rings. The number of halogens is 5. The molecule has 0 saturated carbocycles. The average molecular weight is 448 g/mol. The molecule has 0 unspecified atom stereocenters. The predicted octanol–water partition coefficient (Wildman–Crippen LogP) is 5.31. The summed E-state index contributed by atoms with van der Waals surface area (Å²) in [6.07, 6.45) is -2.29. The summed E-state index contributed by atoms with van der Waals surface area (Å²) >= 11 is 11.8. The summed E-state index contributed by atoms with van der Waals surface area (Å²) in [6.45, 7) is 1.47. The summed E-state index contributed by atoms with van der Waals surface area (Å²) < 4.78 is 45.9. The third-order valence-electron chi connectivity index (χ3n) is 4.48. The molecule has 0 aliphatic carbocycles. The minimum Gasteiger partial charge on any atom is -0.381 e. The number of hydrogen-bond donors (Lipinski definition) is 2. The number of anilines is 2.